The highest BCUT2D eigenvalue weighted by Crippen LogP contribution is 2.13. The van der Waals surface area contributed by atoms with Gasteiger partial charge >= 0.3 is 5.97 Å². The van der Waals surface area contributed by atoms with Gasteiger partial charge in [0.25, 0.3) is 5.91 Å². The van der Waals surface area contributed by atoms with Crippen molar-refractivity contribution in [3.05, 3.63) is 42.4 Å². The van der Waals surface area contributed by atoms with Crippen molar-refractivity contribution < 1.29 is 14.3 Å². The highest BCUT2D eigenvalue weighted by molar-refractivity contribution is 5.96. The number of pyridine rings is 1. The first-order valence-electron chi connectivity index (χ1n) is 6.95. The first kappa shape index (κ1) is 15.7. The van der Waals surface area contributed by atoms with Crippen LogP contribution in [0.15, 0.2) is 36.7 Å². The van der Waals surface area contributed by atoms with Gasteiger partial charge < -0.3 is 10.1 Å². The third-order valence-corrected chi connectivity index (χ3v) is 2.94. The number of anilines is 1. The summed E-state index contributed by atoms with van der Waals surface area (Å²) in [5.41, 5.74) is 0.161. The number of carbonyl (C=O) groups is 2. The largest absolute Gasteiger partial charge is 0.448 e. The normalized spacial score (nSPS) is 12.0. The van der Waals surface area contributed by atoms with Crippen molar-refractivity contribution in [2.45, 2.75) is 32.9 Å². The third kappa shape index (κ3) is 3.69. The summed E-state index contributed by atoms with van der Waals surface area (Å²) in [6.07, 6.45) is 2.15. The lowest BCUT2D eigenvalue weighted by molar-refractivity contribution is -0.123. The van der Waals surface area contributed by atoms with E-state index in [0.29, 0.717) is 5.82 Å². The molecule has 0 spiro atoms. The topological polar surface area (TPSA) is 86.1 Å². The van der Waals surface area contributed by atoms with E-state index in [-0.39, 0.29) is 11.7 Å². The number of carbonyl (C=O) groups excluding carboxylic acids is 2. The maximum absolute atomic E-state index is 12.1. The number of rotatable bonds is 5. The zero-order valence-corrected chi connectivity index (χ0v) is 12.7. The molecule has 22 heavy (non-hydrogen) atoms. The minimum absolute atomic E-state index is 0.108. The predicted molar refractivity (Wildman–Crippen MR) is 80.4 cm³/mol. The third-order valence-electron chi connectivity index (χ3n) is 2.94. The van der Waals surface area contributed by atoms with E-state index in [1.165, 1.54) is 19.2 Å². The lowest BCUT2D eigenvalue weighted by atomic mass is 10.3. The number of amides is 1. The van der Waals surface area contributed by atoms with Gasteiger partial charge in [0.1, 0.15) is 11.5 Å². The molecule has 0 aromatic carbocycles. The Morgan fingerprint density at radius 1 is 1.18 bits per heavy atom. The number of hydrogen-bond donors (Lipinski definition) is 1. The zero-order valence-electron chi connectivity index (χ0n) is 12.7. The van der Waals surface area contributed by atoms with Crippen molar-refractivity contribution in [3.8, 4) is 0 Å². The maximum atomic E-state index is 12.1. The number of esters is 1. The van der Waals surface area contributed by atoms with Gasteiger partial charge in [-0.25, -0.2) is 14.5 Å². The molecule has 1 atom stereocenters. The quantitative estimate of drug-likeness (QED) is 0.854. The van der Waals surface area contributed by atoms with Crippen molar-refractivity contribution >= 4 is 17.7 Å². The molecule has 0 unspecified atom stereocenters. The molecule has 0 fully saturated rings. The molecule has 0 bridgehead atoms. The van der Waals surface area contributed by atoms with E-state index in [4.69, 9.17) is 4.74 Å². The SMILES string of the molecule is CC(C)n1nccc1NC(=O)[C@H](C)OC(=O)c1ccccn1. The summed E-state index contributed by atoms with van der Waals surface area (Å²) in [5, 5.41) is 6.81. The van der Waals surface area contributed by atoms with E-state index in [1.54, 1.807) is 29.1 Å². The van der Waals surface area contributed by atoms with Gasteiger partial charge in [0.15, 0.2) is 6.10 Å². The number of aromatic nitrogens is 3. The summed E-state index contributed by atoms with van der Waals surface area (Å²) in [5.74, 6) is -0.506. The molecule has 0 saturated carbocycles. The lowest BCUT2D eigenvalue weighted by Crippen LogP contribution is -2.31. The van der Waals surface area contributed by atoms with E-state index in [9.17, 15) is 9.59 Å². The lowest BCUT2D eigenvalue weighted by Gasteiger charge is -2.15. The average molecular weight is 302 g/mol. The molecular weight excluding hydrogens is 284 g/mol. The Labute approximate surface area is 128 Å². The van der Waals surface area contributed by atoms with Gasteiger partial charge in [-0.15, -0.1) is 0 Å². The minimum Gasteiger partial charge on any atom is -0.448 e. The Hall–Kier alpha value is -2.70. The molecule has 2 heterocycles. The molecule has 116 valence electrons. The van der Waals surface area contributed by atoms with Gasteiger partial charge in [-0.2, -0.15) is 5.10 Å². The molecular formula is C15H18N4O3. The van der Waals surface area contributed by atoms with Crippen LogP contribution in [0, 0.1) is 0 Å². The number of nitrogens with one attached hydrogen (secondary N) is 1. The van der Waals surface area contributed by atoms with Crippen molar-refractivity contribution in [1.82, 2.24) is 14.8 Å². The number of nitrogens with zero attached hydrogens (tertiary/aromatic N) is 3. The summed E-state index contributed by atoms with van der Waals surface area (Å²) >= 11 is 0. The van der Waals surface area contributed by atoms with Gasteiger partial charge in [0.2, 0.25) is 0 Å². The van der Waals surface area contributed by atoms with Crippen LogP contribution in [-0.4, -0.2) is 32.7 Å². The van der Waals surface area contributed by atoms with E-state index < -0.39 is 18.0 Å². The molecule has 0 saturated heterocycles. The minimum atomic E-state index is -0.940. The summed E-state index contributed by atoms with van der Waals surface area (Å²) < 4.78 is 6.78. The second kappa shape index (κ2) is 6.84. The highest BCUT2D eigenvalue weighted by atomic mass is 16.5. The Morgan fingerprint density at radius 3 is 2.59 bits per heavy atom. The summed E-state index contributed by atoms with van der Waals surface area (Å²) in [6.45, 7) is 5.41. The van der Waals surface area contributed by atoms with E-state index in [0.717, 1.165) is 0 Å². The Balaban J connectivity index is 1.98. The first-order valence-corrected chi connectivity index (χ1v) is 6.95. The molecule has 2 aromatic rings. The van der Waals surface area contributed by atoms with E-state index >= 15 is 0 Å². The van der Waals surface area contributed by atoms with Gasteiger partial charge in [0, 0.05) is 18.3 Å². The molecule has 7 nitrogen and oxygen atoms in total. The standard InChI is InChI=1S/C15H18N4O3/c1-10(2)19-13(7-9-17-19)18-14(20)11(3)22-15(21)12-6-4-5-8-16-12/h4-11H,1-3H3,(H,18,20)/t11-/m0/s1. The maximum Gasteiger partial charge on any atom is 0.357 e. The van der Waals surface area contributed by atoms with Crippen LogP contribution in [-0.2, 0) is 9.53 Å². The summed E-state index contributed by atoms with van der Waals surface area (Å²) in [4.78, 5) is 27.8. The van der Waals surface area contributed by atoms with Crippen molar-refractivity contribution in [1.29, 1.82) is 0 Å². The molecule has 7 heteroatoms. The van der Waals surface area contributed by atoms with Crippen LogP contribution >= 0.6 is 0 Å². The van der Waals surface area contributed by atoms with Crippen molar-refractivity contribution in [2.75, 3.05) is 5.32 Å². The molecule has 2 aromatic heterocycles. The van der Waals surface area contributed by atoms with Crippen LogP contribution in [0.3, 0.4) is 0 Å². The van der Waals surface area contributed by atoms with E-state index in [1.807, 2.05) is 13.8 Å². The molecule has 1 N–H and O–H groups in total. The fourth-order valence-corrected chi connectivity index (χ4v) is 1.81. The fraction of sp³-hybridized carbons (Fsp3) is 0.333. The van der Waals surface area contributed by atoms with Crippen LogP contribution in [0.4, 0.5) is 5.82 Å². The molecule has 0 aliphatic rings. The fourth-order valence-electron chi connectivity index (χ4n) is 1.81. The Bertz CT molecular complexity index is 652. The number of hydrogen-bond acceptors (Lipinski definition) is 5. The van der Waals surface area contributed by atoms with Gasteiger partial charge in [-0.1, -0.05) is 6.07 Å². The van der Waals surface area contributed by atoms with Crippen molar-refractivity contribution in [3.63, 3.8) is 0 Å². The first-order chi connectivity index (χ1) is 10.5. The van der Waals surface area contributed by atoms with Crippen LogP contribution in [0.1, 0.15) is 37.3 Å². The summed E-state index contributed by atoms with van der Waals surface area (Å²) in [7, 11) is 0. The zero-order chi connectivity index (χ0) is 16.1. The predicted octanol–water partition coefficient (Wildman–Crippen LogP) is 2.04. The van der Waals surface area contributed by atoms with Gasteiger partial charge in [0.05, 0.1) is 6.20 Å². The molecule has 1 amide bonds. The van der Waals surface area contributed by atoms with E-state index in [2.05, 4.69) is 15.4 Å². The molecule has 2 rings (SSSR count). The highest BCUT2D eigenvalue weighted by Gasteiger charge is 2.21. The molecule has 0 aliphatic carbocycles. The smallest absolute Gasteiger partial charge is 0.357 e. The molecule has 0 radical (unpaired) electrons. The van der Waals surface area contributed by atoms with Crippen LogP contribution in [0.2, 0.25) is 0 Å². The second-order valence-electron chi connectivity index (χ2n) is 5.01. The second-order valence-corrected chi connectivity index (χ2v) is 5.01. The Morgan fingerprint density at radius 2 is 1.95 bits per heavy atom. The average Bonchev–Trinajstić information content (AvgIpc) is 2.96. The van der Waals surface area contributed by atoms with Gasteiger partial charge in [-0.05, 0) is 32.9 Å². The Kier molecular flexibility index (Phi) is 4.88. The van der Waals surface area contributed by atoms with Crippen molar-refractivity contribution in [2.24, 2.45) is 0 Å². The molecule has 0 aliphatic heterocycles. The summed E-state index contributed by atoms with van der Waals surface area (Å²) in [6, 6.07) is 6.69. The van der Waals surface area contributed by atoms with Crippen LogP contribution < -0.4 is 5.32 Å². The monoisotopic (exact) mass is 302 g/mol. The van der Waals surface area contributed by atoms with Gasteiger partial charge in [-0.3, -0.25) is 4.79 Å². The van der Waals surface area contributed by atoms with Crippen LogP contribution in [0.5, 0.6) is 0 Å². The van der Waals surface area contributed by atoms with Crippen LogP contribution in [0.25, 0.3) is 0 Å². The number of ether oxygens (including phenoxy) is 1.